The van der Waals surface area contributed by atoms with Crippen LogP contribution < -0.4 is 0 Å². The Hall–Kier alpha value is -2.67. The number of carboxylic acid groups (broad SMARTS) is 1. The molecule has 2 N–H and O–H groups in total. The van der Waals surface area contributed by atoms with Gasteiger partial charge in [-0.3, -0.25) is 19.3 Å². The number of para-hydroxylation sites is 1. The number of carboxylic acids is 1. The average Bonchev–Trinajstić information content (AvgIpc) is 3.05. The molecule has 2 aliphatic rings. The van der Waals surface area contributed by atoms with Gasteiger partial charge in [0.15, 0.2) is 0 Å². The number of ether oxygens (including phenoxy) is 1. The van der Waals surface area contributed by atoms with Crippen LogP contribution in [0.3, 0.4) is 0 Å². The van der Waals surface area contributed by atoms with Gasteiger partial charge in [-0.25, -0.2) is 0 Å². The molecule has 7 heteroatoms. The van der Waals surface area contributed by atoms with Crippen molar-refractivity contribution in [1.29, 1.82) is 0 Å². The van der Waals surface area contributed by atoms with Gasteiger partial charge in [0.05, 0.1) is 13.2 Å². The van der Waals surface area contributed by atoms with E-state index >= 15 is 0 Å². The van der Waals surface area contributed by atoms with Crippen molar-refractivity contribution in [1.82, 2.24) is 9.88 Å². The Labute approximate surface area is 162 Å². The summed E-state index contributed by atoms with van der Waals surface area (Å²) >= 11 is 0. The van der Waals surface area contributed by atoms with E-state index in [-0.39, 0.29) is 36.1 Å². The lowest BCUT2D eigenvalue weighted by Gasteiger charge is -2.48. The molecular formula is C21H24N2O5. The number of Topliss-reactive ketones (excluding diaryl/α,β-unsaturated/α-hetero) is 1. The van der Waals surface area contributed by atoms with Crippen molar-refractivity contribution in [3.8, 4) is 0 Å². The highest BCUT2D eigenvalue weighted by atomic mass is 16.5. The number of H-pyrrole nitrogens is 1. The number of hydrogen-bond acceptors (Lipinski definition) is 5. The van der Waals surface area contributed by atoms with E-state index in [0.29, 0.717) is 19.4 Å². The van der Waals surface area contributed by atoms with Crippen molar-refractivity contribution in [2.24, 2.45) is 11.8 Å². The summed E-state index contributed by atoms with van der Waals surface area (Å²) in [6.07, 6.45) is 1.11. The fourth-order valence-corrected chi connectivity index (χ4v) is 4.97. The summed E-state index contributed by atoms with van der Waals surface area (Å²) in [6.45, 7) is 1.86. The van der Waals surface area contributed by atoms with Gasteiger partial charge in [-0.15, -0.1) is 0 Å². The summed E-state index contributed by atoms with van der Waals surface area (Å²) in [7, 11) is 1.34. The molecule has 2 aliphatic heterocycles. The first-order valence-electron chi connectivity index (χ1n) is 9.56. The topological polar surface area (TPSA) is 99.7 Å². The van der Waals surface area contributed by atoms with Gasteiger partial charge in [0.2, 0.25) is 0 Å². The van der Waals surface area contributed by atoms with Crippen LogP contribution in [-0.4, -0.2) is 52.4 Å². The summed E-state index contributed by atoms with van der Waals surface area (Å²) in [6, 6.07) is 7.04. The second-order valence-electron chi connectivity index (χ2n) is 7.83. The van der Waals surface area contributed by atoms with Crippen LogP contribution >= 0.6 is 0 Å². The molecule has 1 fully saturated rings. The molecule has 1 aromatic heterocycles. The molecular weight excluding hydrogens is 360 g/mol. The van der Waals surface area contributed by atoms with Crippen molar-refractivity contribution in [3.05, 3.63) is 35.5 Å². The molecule has 1 saturated heterocycles. The molecule has 4 rings (SSSR count). The quantitative estimate of drug-likeness (QED) is 0.785. The van der Waals surface area contributed by atoms with Crippen LogP contribution in [0.2, 0.25) is 0 Å². The van der Waals surface area contributed by atoms with Gasteiger partial charge in [0.1, 0.15) is 11.8 Å². The summed E-state index contributed by atoms with van der Waals surface area (Å²) < 4.78 is 4.83. The molecule has 3 heterocycles. The Balaban J connectivity index is 1.78. The fraction of sp³-hybridized carbons (Fsp3) is 0.476. The van der Waals surface area contributed by atoms with Crippen molar-refractivity contribution in [2.45, 2.75) is 38.3 Å². The number of benzene rings is 1. The molecule has 28 heavy (non-hydrogen) atoms. The monoisotopic (exact) mass is 384 g/mol. The molecule has 1 aromatic carbocycles. The molecule has 0 spiro atoms. The first kappa shape index (κ1) is 18.7. The smallest absolute Gasteiger partial charge is 0.321 e. The first-order chi connectivity index (χ1) is 13.4. The zero-order chi connectivity index (χ0) is 20.0. The molecule has 0 unspecified atom stereocenters. The molecule has 0 saturated carbocycles. The number of hydrogen-bond donors (Lipinski definition) is 2. The highest BCUT2D eigenvalue weighted by Gasteiger charge is 2.47. The van der Waals surface area contributed by atoms with Gasteiger partial charge in [0.25, 0.3) is 0 Å². The molecule has 0 aliphatic carbocycles. The van der Waals surface area contributed by atoms with Crippen LogP contribution in [0.1, 0.15) is 37.1 Å². The molecule has 4 atom stereocenters. The van der Waals surface area contributed by atoms with Crippen molar-refractivity contribution < 1.29 is 24.2 Å². The lowest BCUT2D eigenvalue weighted by atomic mass is 9.74. The number of methoxy groups -OCH3 is 1. The third-order valence-electron chi connectivity index (χ3n) is 6.34. The zero-order valence-corrected chi connectivity index (χ0v) is 16.0. The number of carbonyl (C=O) groups excluding carboxylic acids is 2. The van der Waals surface area contributed by atoms with Gasteiger partial charge in [-0.2, -0.15) is 0 Å². The lowest BCUT2D eigenvalue weighted by Crippen LogP contribution is -2.55. The Morgan fingerprint density at radius 2 is 2.04 bits per heavy atom. The molecule has 7 nitrogen and oxygen atoms in total. The Morgan fingerprint density at radius 1 is 1.29 bits per heavy atom. The van der Waals surface area contributed by atoms with Crippen molar-refractivity contribution in [3.63, 3.8) is 0 Å². The third kappa shape index (κ3) is 2.99. The maximum Gasteiger partial charge on any atom is 0.321 e. The van der Waals surface area contributed by atoms with Crippen LogP contribution in [0.25, 0.3) is 10.9 Å². The maximum absolute atomic E-state index is 12.3. The number of rotatable bonds is 4. The molecule has 148 valence electrons. The Kier molecular flexibility index (Phi) is 4.71. The van der Waals surface area contributed by atoms with E-state index in [1.54, 1.807) is 0 Å². The van der Waals surface area contributed by atoms with E-state index < -0.39 is 12.0 Å². The second kappa shape index (κ2) is 7.05. The Morgan fingerprint density at radius 3 is 2.71 bits per heavy atom. The van der Waals surface area contributed by atoms with Crippen LogP contribution in [0.15, 0.2) is 24.3 Å². The van der Waals surface area contributed by atoms with E-state index in [1.807, 2.05) is 29.2 Å². The minimum atomic E-state index is -0.880. The number of carbonyl (C=O) groups is 3. The summed E-state index contributed by atoms with van der Waals surface area (Å²) in [5.74, 6) is -1.78. The summed E-state index contributed by atoms with van der Waals surface area (Å²) in [5.41, 5.74) is 3.02. The van der Waals surface area contributed by atoms with Gasteiger partial charge in [-0.1, -0.05) is 18.2 Å². The number of nitrogens with zero attached hydrogens (tertiary/aromatic N) is 1. The molecule has 0 amide bonds. The predicted molar refractivity (Wildman–Crippen MR) is 102 cm³/mol. The van der Waals surface area contributed by atoms with E-state index in [0.717, 1.165) is 22.2 Å². The fourth-order valence-electron chi connectivity index (χ4n) is 4.97. The van der Waals surface area contributed by atoms with Crippen LogP contribution in [0, 0.1) is 11.8 Å². The number of piperidine rings is 1. The zero-order valence-electron chi connectivity index (χ0n) is 16.0. The van der Waals surface area contributed by atoms with Crippen molar-refractivity contribution >= 4 is 28.6 Å². The second-order valence-corrected chi connectivity index (χ2v) is 7.83. The van der Waals surface area contributed by atoms with Crippen LogP contribution in [-0.2, 0) is 25.5 Å². The normalized spacial score (nSPS) is 27.1. The highest BCUT2D eigenvalue weighted by molar-refractivity contribution is 5.87. The lowest BCUT2D eigenvalue weighted by molar-refractivity contribution is -0.151. The van der Waals surface area contributed by atoms with Crippen molar-refractivity contribution in [2.75, 3.05) is 13.7 Å². The van der Waals surface area contributed by atoms with Gasteiger partial charge < -0.3 is 14.8 Å². The number of esters is 1. The van der Waals surface area contributed by atoms with E-state index in [2.05, 4.69) is 4.98 Å². The average molecular weight is 384 g/mol. The third-order valence-corrected chi connectivity index (χ3v) is 6.34. The number of aromatic nitrogens is 1. The van der Waals surface area contributed by atoms with Gasteiger partial charge in [-0.05, 0) is 30.9 Å². The summed E-state index contributed by atoms with van der Waals surface area (Å²) in [4.78, 5) is 41.7. The van der Waals surface area contributed by atoms with Crippen LogP contribution in [0.4, 0.5) is 0 Å². The van der Waals surface area contributed by atoms with Gasteiger partial charge in [0, 0.05) is 41.9 Å². The molecule has 0 bridgehead atoms. The number of ketones is 1. The van der Waals surface area contributed by atoms with Gasteiger partial charge >= 0.3 is 11.9 Å². The van der Waals surface area contributed by atoms with E-state index in [9.17, 15) is 19.5 Å². The number of fused-ring (bicyclic) bond motifs is 5. The molecule has 2 aromatic rings. The highest BCUT2D eigenvalue weighted by Crippen LogP contribution is 2.46. The van der Waals surface area contributed by atoms with Crippen LogP contribution in [0.5, 0.6) is 0 Å². The number of aromatic amines is 1. The predicted octanol–water partition coefficient (Wildman–Crippen LogP) is 2.31. The standard InChI is InChI=1S/C21H24N2O5/c1-11(24)15-10-23-17(7-12(15)8-19(25)28-2)20-14(9-18(23)21(26)27)13-5-3-4-6-16(13)22-20/h3-6,12,15,17-18,22H,7-10H2,1-2H3,(H,26,27)/t12-,15-,17+,18-/m1/s1. The minimum absolute atomic E-state index is 0.0149. The molecule has 0 radical (unpaired) electrons. The largest absolute Gasteiger partial charge is 0.480 e. The number of nitrogens with one attached hydrogen (secondary N) is 1. The van der Waals surface area contributed by atoms with E-state index in [1.165, 1.54) is 14.0 Å². The number of aliphatic carboxylic acids is 1. The summed E-state index contributed by atoms with van der Waals surface area (Å²) in [5, 5.41) is 10.9. The SMILES string of the molecule is COC(=O)C[C@H]1C[C@H]2c3[nH]c4ccccc4c3C[C@H](C(=O)O)N2C[C@@H]1C(C)=O. The minimum Gasteiger partial charge on any atom is -0.480 e. The maximum atomic E-state index is 12.3. The van der Waals surface area contributed by atoms with E-state index in [4.69, 9.17) is 4.74 Å². The Bertz CT molecular complexity index is 949. The first-order valence-corrected chi connectivity index (χ1v) is 9.56.